The Morgan fingerprint density at radius 3 is 2.63 bits per heavy atom. The van der Waals surface area contributed by atoms with Crippen LogP contribution in [0.1, 0.15) is 26.0 Å². The number of benzene rings is 1. The van der Waals surface area contributed by atoms with Crippen molar-refractivity contribution in [1.29, 1.82) is 0 Å². The van der Waals surface area contributed by atoms with E-state index in [1.165, 1.54) is 0 Å². The number of anilines is 1. The molecule has 0 spiro atoms. The van der Waals surface area contributed by atoms with Crippen LogP contribution in [-0.2, 0) is 6.42 Å². The Kier molecular flexibility index (Phi) is 4.74. The monoisotopic (exact) mass is 275 g/mol. The predicted octanol–water partition coefficient (Wildman–Crippen LogP) is 4.18. The van der Waals surface area contributed by atoms with E-state index in [0.717, 1.165) is 36.5 Å². The van der Waals surface area contributed by atoms with Crippen LogP contribution in [0, 0.1) is 0 Å². The van der Waals surface area contributed by atoms with Crippen LogP contribution in [0.25, 0.3) is 11.4 Å². The average molecular weight is 276 g/mol. The van der Waals surface area contributed by atoms with Gasteiger partial charge >= 0.3 is 0 Å². The smallest absolute Gasteiger partial charge is 0.163 e. The average Bonchev–Trinajstić information content (AvgIpc) is 2.40. The molecule has 1 N–H and O–H groups in total. The number of hydrogen-bond donors (Lipinski definition) is 1. The molecule has 1 aromatic carbocycles. The first-order chi connectivity index (χ1) is 9.24. The fraction of sp³-hybridized carbons (Fsp3) is 0.333. The molecule has 0 aliphatic heterocycles. The highest BCUT2D eigenvalue weighted by Gasteiger charge is 2.09. The number of nitrogens with zero attached hydrogens (tertiary/aromatic N) is 2. The van der Waals surface area contributed by atoms with Crippen LogP contribution in [0.2, 0.25) is 5.02 Å². The topological polar surface area (TPSA) is 37.8 Å². The van der Waals surface area contributed by atoms with Crippen molar-refractivity contribution >= 4 is 17.4 Å². The number of hydrogen-bond acceptors (Lipinski definition) is 3. The molecule has 0 amide bonds. The maximum atomic E-state index is 6.22. The van der Waals surface area contributed by atoms with E-state index in [9.17, 15) is 0 Å². The van der Waals surface area contributed by atoms with Gasteiger partial charge in [0, 0.05) is 23.9 Å². The van der Waals surface area contributed by atoms with Crippen LogP contribution in [0.15, 0.2) is 30.3 Å². The van der Waals surface area contributed by atoms with Crippen LogP contribution in [0.3, 0.4) is 0 Å². The van der Waals surface area contributed by atoms with Gasteiger partial charge < -0.3 is 5.32 Å². The van der Waals surface area contributed by atoms with Crippen LogP contribution in [-0.4, -0.2) is 16.5 Å². The highest BCUT2D eigenvalue weighted by atomic mass is 35.5. The molecule has 0 unspecified atom stereocenters. The second-order valence-electron chi connectivity index (χ2n) is 4.33. The van der Waals surface area contributed by atoms with E-state index in [-0.39, 0.29) is 0 Å². The molecule has 100 valence electrons. The molecule has 0 aliphatic carbocycles. The van der Waals surface area contributed by atoms with E-state index < -0.39 is 0 Å². The van der Waals surface area contributed by atoms with E-state index in [2.05, 4.69) is 29.1 Å². The van der Waals surface area contributed by atoms with E-state index in [1.807, 2.05) is 30.3 Å². The summed E-state index contributed by atoms with van der Waals surface area (Å²) in [5.41, 5.74) is 1.92. The Balaban J connectivity index is 2.46. The van der Waals surface area contributed by atoms with Crippen LogP contribution in [0.5, 0.6) is 0 Å². The zero-order chi connectivity index (χ0) is 13.7. The van der Waals surface area contributed by atoms with Gasteiger partial charge in [-0.3, -0.25) is 0 Å². The SMILES string of the molecule is CCCc1cc(NCC)nc(-c2ccccc2Cl)n1. The molecule has 19 heavy (non-hydrogen) atoms. The summed E-state index contributed by atoms with van der Waals surface area (Å²) in [5.74, 6) is 1.54. The lowest BCUT2D eigenvalue weighted by atomic mass is 10.2. The van der Waals surface area contributed by atoms with Gasteiger partial charge in [0.2, 0.25) is 0 Å². The third-order valence-electron chi connectivity index (χ3n) is 2.76. The van der Waals surface area contributed by atoms with Crippen molar-refractivity contribution in [2.75, 3.05) is 11.9 Å². The predicted molar refractivity (Wildman–Crippen MR) is 80.6 cm³/mol. The van der Waals surface area contributed by atoms with Crippen molar-refractivity contribution in [3.05, 3.63) is 41.0 Å². The lowest BCUT2D eigenvalue weighted by molar-refractivity contribution is 0.875. The maximum Gasteiger partial charge on any atom is 0.163 e. The van der Waals surface area contributed by atoms with Gasteiger partial charge in [-0.2, -0.15) is 0 Å². The van der Waals surface area contributed by atoms with Gasteiger partial charge in [-0.05, 0) is 25.5 Å². The zero-order valence-electron chi connectivity index (χ0n) is 11.3. The summed E-state index contributed by atoms with van der Waals surface area (Å²) in [4.78, 5) is 9.13. The Morgan fingerprint density at radius 2 is 1.95 bits per heavy atom. The minimum atomic E-state index is 0.679. The molecule has 0 fully saturated rings. The van der Waals surface area contributed by atoms with Gasteiger partial charge in [0.25, 0.3) is 0 Å². The molecular formula is C15H18ClN3. The maximum absolute atomic E-state index is 6.22. The fourth-order valence-corrected chi connectivity index (χ4v) is 2.14. The summed E-state index contributed by atoms with van der Waals surface area (Å²) in [7, 11) is 0. The van der Waals surface area contributed by atoms with Crippen LogP contribution in [0.4, 0.5) is 5.82 Å². The molecule has 2 rings (SSSR count). The summed E-state index contributed by atoms with van der Waals surface area (Å²) in [6.07, 6.45) is 2.00. The summed E-state index contributed by atoms with van der Waals surface area (Å²) in [6.45, 7) is 5.03. The Bertz CT molecular complexity index is 531. The number of aromatic nitrogens is 2. The van der Waals surface area contributed by atoms with Crippen molar-refractivity contribution in [2.45, 2.75) is 26.7 Å². The van der Waals surface area contributed by atoms with Crippen molar-refractivity contribution in [3.8, 4) is 11.4 Å². The first kappa shape index (κ1) is 13.8. The minimum Gasteiger partial charge on any atom is -0.370 e. The second-order valence-corrected chi connectivity index (χ2v) is 4.74. The molecule has 0 atom stereocenters. The molecule has 0 radical (unpaired) electrons. The molecule has 2 aromatic rings. The molecule has 0 aliphatic rings. The van der Waals surface area contributed by atoms with Crippen molar-refractivity contribution in [1.82, 2.24) is 9.97 Å². The highest BCUT2D eigenvalue weighted by molar-refractivity contribution is 6.33. The van der Waals surface area contributed by atoms with E-state index in [0.29, 0.717) is 10.8 Å². The molecule has 0 saturated heterocycles. The Hall–Kier alpha value is -1.61. The van der Waals surface area contributed by atoms with Gasteiger partial charge in [-0.25, -0.2) is 9.97 Å². The number of aryl methyl sites for hydroxylation is 1. The van der Waals surface area contributed by atoms with Crippen molar-refractivity contribution in [3.63, 3.8) is 0 Å². The first-order valence-electron chi connectivity index (χ1n) is 6.61. The summed E-state index contributed by atoms with van der Waals surface area (Å²) in [5, 5.41) is 3.92. The molecule has 4 heteroatoms. The fourth-order valence-electron chi connectivity index (χ4n) is 1.92. The number of nitrogens with one attached hydrogen (secondary N) is 1. The zero-order valence-corrected chi connectivity index (χ0v) is 12.0. The summed E-state index contributed by atoms with van der Waals surface area (Å²) in [6, 6.07) is 9.67. The molecule has 1 aromatic heterocycles. The van der Waals surface area contributed by atoms with Gasteiger partial charge in [0.1, 0.15) is 5.82 Å². The van der Waals surface area contributed by atoms with Crippen LogP contribution < -0.4 is 5.32 Å². The third-order valence-corrected chi connectivity index (χ3v) is 3.09. The van der Waals surface area contributed by atoms with E-state index in [4.69, 9.17) is 11.6 Å². The molecule has 0 saturated carbocycles. The molecular weight excluding hydrogens is 258 g/mol. The minimum absolute atomic E-state index is 0.679. The van der Waals surface area contributed by atoms with E-state index >= 15 is 0 Å². The van der Waals surface area contributed by atoms with E-state index in [1.54, 1.807) is 0 Å². The summed E-state index contributed by atoms with van der Waals surface area (Å²) < 4.78 is 0. The quantitative estimate of drug-likeness (QED) is 0.889. The third kappa shape index (κ3) is 3.44. The summed E-state index contributed by atoms with van der Waals surface area (Å²) >= 11 is 6.22. The number of rotatable bonds is 5. The number of halogens is 1. The largest absolute Gasteiger partial charge is 0.370 e. The Labute approximate surface area is 119 Å². The first-order valence-corrected chi connectivity index (χ1v) is 6.99. The van der Waals surface area contributed by atoms with Crippen LogP contribution >= 0.6 is 11.6 Å². The highest BCUT2D eigenvalue weighted by Crippen LogP contribution is 2.26. The van der Waals surface area contributed by atoms with Crippen molar-refractivity contribution < 1.29 is 0 Å². The molecule has 1 heterocycles. The van der Waals surface area contributed by atoms with Gasteiger partial charge in [0.15, 0.2) is 5.82 Å². The lowest BCUT2D eigenvalue weighted by Crippen LogP contribution is -2.04. The van der Waals surface area contributed by atoms with Crippen molar-refractivity contribution in [2.24, 2.45) is 0 Å². The standard InChI is InChI=1S/C15H18ClN3/c1-3-7-11-10-14(17-4-2)19-15(18-11)12-8-5-6-9-13(12)16/h5-6,8-10H,3-4,7H2,1-2H3,(H,17,18,19). The van der Waals surface area contributed by atoms with Gasteiger partial charge in [-0.1, -0.05) is 37.1 Å². The lowest BCUT2D eigenvalue weighted by Gasteiger charge is -2.09. The van der Waals surface area contributed by atoms with Gasteiger partial charge in [-0.15, -0.1) is 0 Å². The molecule has 3 nitrogen and oxygen atoms in total. The normalized spacial score (nSPS) is 10.5. The second kappa shape index (κ2) is 6.53. The molecule has 0 bridgehead atoms. The Morgan fingerprint density at radius 1 is 1.16 bits per heavy atom. The van der Waals surface area contributed by atoms with Gasteiger partial charge in [0.05, 0.1) is 5.02 Å².